The predicted molar refractivity (Wildman–Crippen MR) is 131 cm³/mol. The highest BCUT2D eigenvalue weighted by atomic mass is 16.5. The Balaban J connectivity index is 1.66. The smallest absolute Gasteiger partial charge is 0.191 e. The highest BCUT2D eigenvalue weighted by molar-refractivity contribution is 5.79. The number of hydrogen-bond acceptors (Lipinski definition) is 4. The number of aliphatic imine (C=N–C) groups is 1. The second-order valence-corrected chi connectivity index (χ2v) is 8.62. The number of guanidine groups is 1. The van der Waals surface area contributed by atoms with Crippen molar-refractivity contribution in [3.8, 4) is 5.75 Å². The number of likely N-dealkylation sites (N-methyl/N-ethyl adjacent to an activating group) is 1. The lowest BCUT2D eigenvalue weighted by atomic mass is 10.1. The maximum absolute atomic E-state index is 6.18. The zero-order chi connectivity index (χ0) is 22.8. The molecule has 6 heteroatoms. The lowest BCUT2D eigenvalue weighted by molar-refractivity contribution is 0.166. The molecule has 1 heterocycles. The molecule has 2 aromatic rings. The molecule has 0 spiro atoms. The van der Waals surface area contributed by atoms with Crippen molar-refractivity contribution in [1.29, 1.82) is 0 Å². The van der Waals surface area contributed by atoms with Crippen molar-refractivity contribution in [2.24, 2.45) is 10.9 Å². The molecule has 32 heavy (non-hydrogen) atoms. The summed E-state index contributed by atoms with van der Waals surface area (Å²) in [7, 11) is 4.21. The third-order valence-corrected chi connectivity index (χ3v) is 5.74. The SMILES string of the molecule is CCNC(=NCc1ccc(C)cc1OCC1CCOC1)NCC(c1ccccc1)N(C)C. The Hall–Kier alpha value is -2.57. The first kappa shape index (κ1) is 24.1. The Morgan fingerprint density at radius 3 is 2.69 bits per heavy atom. The number of benzene rings is 2. The minimum atomic E-state index is 0.256. The van der Waals surface area contributed by atoms with Gasteiger partial charge in [-0.2, -0.15) is 0 Å². The van der Waals surface area contributed by atoms with Gasteiger partial charge in [0.1, 0.15) is 5.75 Å². The van der Waals surface area contributed by atoms with Gasteiger partial charge in [0.15, 0.2) is 5.96 Å². The Labute approximate surface area is 193 Å². The molecular formula is C26H38N4O2. The number of nitrogens with zero attached hydrogens (tertiary/aromatic N) is 2. The molecule has 0 aliphatic carbocycles. The van der Waals surface area contributed by atoms with E-state index in [9.17, 15) is 0 Å². The Kier molecular flexibility index (Phi) is 9.38. The number of nitrogens with one attached hydrogen (secondary N) is 2. The van der Waals surface area contributed by atoms with Gasteiger partial charge in [0.25, 0.3) is 0 Å². The van der Waals surface area contributed by atoms with Gasteiger partial charge in [-0.15, -0.1) is 0 Å². The summed E-state index contributed by atoms with van der Waals surface area (Å²) < 4.78 is 11.7. The molecule has 1 aliphatic heterocycles. The van der Waals surface area contributed by atoms with Crippen LogP contribution in [0.4, 0.5) is 0 Å². The van der Waals surface area contributed by atoms with Crippen LogP contribution in [-0.2, 0) is 11.3 Å². The molecular weight excluding hydrogens is 400 g/mol. The van der Waals surface area contributed by atoms with Gasteiger partial charge >= 0.3 is 0 Å². The van der Waals surface area contributed by atoms with Gasteiger partial charge in [-0.1, -0.05) is 42.5 Å². The Bertz CT molecular complexity index is 848. The summed E-state index contributed by atoms with van der Waals surface area (Å²) in [5, 5.41) is 6.89. The minimum absolute atomic E-state index is 0.256. The molecule has 2 unspecified atom stereocenters. The van der Waals surface area contributed by atoms with Crippen LogP contribution in [0, 0.1) is 12.8 Å². The van der Waals surface area contributed by atoms with Crippen LogP contribution in [0.1, 0.15) is 36.1 Å². The lowest BCUT2D eigenvalue weighted by Gasteiger charge is -2.26. The van der Waals surface area contributed by atoms with E-state index >= 15 is 0 Å². The van der Waals surface area contributed by atoms with Crippen LogP contribution in [0.25, 0.3) is 0 Å². The van der Waals surface area contributed by atoms with Crippen LogP contribution in [0.5, 0.6) is 5.75 Å². The molecule has 174 valence electrons. The molecule has 0 amide bonds. The van der Waals surface area contributed by atoms with E-state index in [2.05, 4.69) is 92.0 Å². The largest absolute Gasteiger partial charge is 0.493 e. The first-order valence-electron chi connectivity index (χ1n) is 11.6. The summed E-state index contributed by atoms with van der Waals surface area (Å²) in [5.74, 6) is 2.21. The number of aryl methyl sites for hydroxylation is 1. The maximum atomic E-state index is 6.18. The van der Waals surface area contributed by atoms with Crippen molar-refractivity contribution in [3.63, 3.8) is 0 Å². The van der Waals surface area contributed by atoms with Gasteiger partial charge in [-0.05, 0) is 51.6 Å². The summed E-state index contributed by atoms with van der Waals surface area (Å²) in [6, 6.07) is 17.2. The zero-order valence-corrected chi connectivity index (χ0v) is 19.9. The summed E-state index contributed by atoms with van der Waals surface area (Å²) in [6.45, 7) is 8.64. The predicted octanol–water partition coefficient (Wildman–Crippen LogP) is 3.77. The quantitative estimate of drug-likeness (QED) is 0.437. The van der Waals surface area contributed by atoms with Crippen molar-refractivity contribution < 1.29 is 9.47 Å². The second kappa shape index (κ2) is 12.5. The number of hydrogen-bond donors (Lipinski definition) is 2. The average Bonchev–Trinajstić information content (AvgIpc) is 3.31. The van der Waals surface area contributed by atoms with Crippen molar-refractivity contribution in [2.75, 3.05) is 47.0 Å². The fraction of sp³-hybridized carbons (Fsp3) is 0.500. The minimum Gasteiger partial charge on any atom is -0.493 e. The van der Waals surface area contributed by atoms with E-state index in [1.54, 1.807) is 0 Å². The van der Waals surface area contributed by atoms with Crippen LogP contribution in [0.15, 0.2) is 53.5 Å². The van der Waals surface area contributed by atoms with Gasteiger partial charge in [0.05, 0.1) is 25.8 Å². The monoisotopic (exact) mass is 438 g/mol. The van der Waals surface area contributed by atoms with Gasteiger partial charge in [-0.3, -0.25) is 0 Å². The first-order valence-corrected chi connectivity index (χ1v) is 11.6. The fourth-order valence-electron chi connectivity index (χ4n) is 3.82. The normalized spacial score (nSPS) is 17.4. The molecule has 6 nitrogen and oxygen atoms in total. The van der Waals surface area contributed by atoms with E-state index < -0.39 is 0 Å². The molecule has 0 radical (unpaired) electrons. The summed E-state index contributed by atoms with van der Waals surface area (Å²) in [6.07, 6.45) is 1.07. The number of ether oxygens (including phenoxy) is 2. The highest BCUT2D eigenvalue weighted by Crippen LogP contribution is 2.23. The molecule has 0 bridgehead atoms. The Morgan fingerprint density at radius 2 is 2.00 bits per heavy atom. The average molecular weight is 439 g/mol. The standard InChI is InChI=1S/C26H38N4O2/c1-5-27-26(29-17-24(30(3)4)22-9-7-6-8-10-22)28-16-23-12-11-20(2)15-25(23)32-19-21-13-14-31-18-21/h6-12,15,21,24H,5,13-14,16-19H2,1-4H3,(H2,27,28,29). The maximum Gasteiger partial charge on any atom is 0.191 e. The van der Waals surface area contributed by atoms with E-state index in [1.807, 2.05) is 0 Å². The fourth-order valence-corrected chi connectivity index (χ4v) is 3.82. The molecule has 2 N–H and O–H groups in total. The third-order valence-electron chi connectivity index (χ3n) is 5.74. The van der Waals surface area contributed by atoms with Crippen molar-refractivity contribution >= 4 is 5.96 Å². The van der Waals surface area contributed by atoms with Crippen LogP contribution < -0.4 is 15.4 Å². The van der Waals surface area contributed by atoms with Crippen LogP contribution in [0.2, 0.25) is 0 Å². The molecule has 1 aliphatic rings. The lowest BCUT2D eigenvalue weighted by Crippen LogP contribution is -2.41. The molecule has 0 saturated carbocycles. The topological polar surface area (TPSA) is 58.1 Å². The van der Waals surface area contributed by atoms with E-state index in [4.69, 9.17) is 14.5 Å². The molecule has 1 saturated heterocycles. The van der Waals surface area contributed by atoms with E-state index in [1.165, 1.54) is 11.1 Å². The van der Waals surface area contributed by atoms with E-state index in [-0.39, 0.29) is 6.04 Å². The molecule has 0 aromatic heterocycles. The Morgan fingerprint density at radius 1 is 1.19 bits per heavy atom. The van der Waals surface area contributed by atoms with E-state index in [0.29, 0.717) is 19.1 Å². The summed E-state index contributed by atoms with van der Waals surface area (Å²) in [5.41, 5.74) is 3.57. The van der Waals surface area contributed by atoms with Gasteiger partial charge in [-0.25, -0.2) is 4.99 Å². The highest BCUT2D eigenvalue weighted by Gasteiger charge is 2.17. The van der Waals surface area contributed by atoms with Gasteiger partial charge in [0, 0.05) is 31.2 Å². The summed E-state index contributed by atoms with van der Waals surface area (Å²) in [4.78, 5) is 7.08. The van der Waals surface area contributed by atoms with Crippen LogP contribution >= 0.6 is 0 Å². The molecule has 3 rings (SSSR count). The second-order valence-electron chi connectivity index (χ2n) is 8.62. The zero-order valence-electron chi connectivity index (χ0n) is 19.9. The van der Waals surface area contributed by atoms with Crippen LogP contribution in [0.3, 0.4) is 0 Å². The van der Waals surface area contributed by atoms with Crippen molar-refractivity contribution in [2.45, 2.75) is 32.9 Å². The first-order chi connectivity index (χ1) is 15.6. The van der Waals surface area contributed by atoms with Gasteiger partial charge in [0.2, 0.25) is 0 Å². The van der Waals surface area contributed by atoms with Gasteiger partial charge < -0.3 is 25.0 Å². The number of rotatable bonds is 10. The third kappa shape index (κ3) is 7.24. The van der Waals surface area contributed by atoms with Crippen molar-refractivity contribution in [3.05, 3.63) is 65.2 Å². The molecule has 1 fully saturated rings. The summed E-state index contributed by atoms with van der Waals surface area (Å²) >= 11 is 0. The van der Waals surface area contributed by atoms with Crippen LogP contribution in [-0.4, -0.2) is 57.9 Å². The molecule has 2 aromatic carbocycles. The van der Waals surface area contributed by atoms with E-state index in [0.717, 1.165) is 50.0 Å². The molecule has 2 atom stereocenters. The van der Waals surface area contributed by atoms with Crippen molar-refractivity contribution in [1.82, 2.24) is 15.5 Å².